The van der Waals surface area contributed by atoms with E-state index < -0.39 is 23.0 Å². The number of allylic oxidation sites excluding steroid dienone is 2. The van der Waals surface area contributed by atoms with Crippen molar-refractivity contribution in [2.75, 3.05) is 0 Å². The van der Waals surface area contributed by atoms with Gasteiger partial charge in [-0.25, -0.2) is 0 Å². The first kappa shape index (κ1) is 16.5. The van der Waals surface area contributed by atoms with E-state index in [4.69, 9.17) is 9.47 Å². The number of esters is 2. The van der Waals surface area contributed by atoms with E-state index in [1.807, 2.05) is 0 Å². The molecule has 2 unspecified atom stereocenters. The fourth-order valence-corrected chi connectivity index (χ4v) is 1.38. The highest BCUT2D eigenvalue weighted by Gasteiger charge is 2.33. The largest absolute Gasteiger partial charge is 0.453 e. The third-order valence-corrected chi connectivity index (χ3v) is 2.75. The van der Waals surface area contributed by atoms with Gasteiger partial charge in [-0.3, -0.25) is 9.59 Å². The maximum absolute atomic E-state index is 11.9. The molecule has 2 atom stereocenters. The van der Waals surface area contributed by atoms with Crippen LogP contribution in [-0.2, 0) is 19.1 Å². The summed E-state index contributed by atoms with van der Waals surface area (Å²) in [6.07, 6.45) is 5.87. The van der Waals surface area contributed by atoms with Crippen LogP contribution in [0.1, 0.15) is 41.5 Å². The summed E-state index contributed by atoms with van der Waals surface area (Å²) in [6, 6.07) is 0. The molecule has 0 amide bonds. The van der Waals surface area contributed by atoms with E-state index in [0.717, 1.165) is 0 Å². The van der Waals surface area contributed by atoms with Crippen LogP contribution in [-0.4, -0.2) is 24.1 Å². The molecule has 1 aliphatic carbocycles. The number of hydrogen-bond acceptors (Lipinski definition) is 4. The molecule has 0 saturated heterocycles. The summed E-state index contributed by atoms with van der Waals surface area (Å²) in [5.74, 6) is -0.640. The van der Waals surface area contributed by atoms with Crippen LogP contribution < -0.4 is 0 Å². The fraction of sp³-hybridized carbons (Fsp3) is 0.625. The molecule has 4 heteroatoms. The summed E-state index contributed by atoms with van der Waals surface area (Å²) in [6.45, 7) is 10.7. The Kier molecular flexibility index (Phi) is 4.79. The lowest BCUT2D eigenvalue weighted by Gasteiger charge is -2.29. The first-order chi connectivity index (χ1) is 9.01. The average Bonchev–Trinajstić information content (AvgIpc) is 2.29. The highest BCUT2D eigenvalue weighted by atomic mass is 16.6. The van der Waals surface area contributed by atoms with Gasteiger partial charge >= 0.3 is 11.9 Å². The molecule has 4 nitrogen and oxygen atoms in total. The SMILES string of the molecule is CC(C)(C)C(=O)OC1C=CC=CC1OC(=O)C(C)(C)C. The lowest BCUT2D eigenvalue weighted by Crippen LogP contribution is -2.39. The summed E-state index contributed by atoms with van der Waals surface area (Å²) < 4.78 is 10.9. The Hall–Kier alpha value is -1.58. The Balaban J connectivity index is 2.75. The quantitative estimate of drug-likeness (QED) is 0.730. The van der Waals surface area contributed by atoms with E-state index in [1.54, 1.807) is 65.8 Å². The Morgan fingerprint density at radius 2 is 1.05 bits per heavy atom. The molecule has 0 heterocycles. The molecule has 20 heavy (non-hydrogen) atoms. The number of ether oxygens (including phenoxy) is 2. The van der Waals surface area contributed by atoms with Gasteiger partial charge in [-0.15, -0.1) is 0 Å². The van der Waals surface area contributed by atoms with Crippen LogP contribution in [0, 0.1) is 10.8 Å². The van der Waals surface area contributed by atoms with Gasteiger partial charge in [0.1, 0.15) is 0 Å². The van der Waals surface area contributed by atoms with Crippen molar-refractivity contribution in [3.8, 4) is 0 Å². The molecular weight excluding hydrogens is 256 g/mol. The predicted octanol–water partition coefficient (Wildman–Crippen LogP) is 3.03. The number of rotatable bonds is 2. The molecule has 0 spiro atoms. The molecule has 0 aromatic heterocycles. The van der Waals surface area contributed by atoms with E-state index in [-0.39, 0.29) is 11.9 Å². The topological polar surface area (TPSA) is 52.6 Å². The highest BCUT2D eigenvalue weighted by molar-refractivity contribution is 5.77. The van der Waals surface area contributed by atoms with Crippen molar-refractivity contribution < 1.29 is 19.1 Å². The summed E-state index contributed by atoms with van der Waals surface area (Å²) in [4.78, 5) is 23.9. The Morgan fingerprint density at radius 1 is 0.750 bits per heavy atom. The van der Waals surface area contributed by atoms with Crippen LogP contribution in [0.3, 0.4) is 0 Å². The van der Waals surface area contributed by atoms with Crippen LogP contribution in [0.25, 0.3) is 0 Å². The number of hydrogen-bond donors (Lipinski definition) is 0. The fourth-order valence-electron chi connectivity index (χ4n) is 1.38. The van der Waals surface area contributed by atoms with Gasteiger partial charge < -0.3 is 9.47 Å². The van der Waals surface area contributed by atoms with Crippen LogP contribution >= 0.6 is 0 Å². The maximum atomic E-state index is 11.9. The summed E-state index contributed by atoms with van der Waals surface area (Å²) in [7, 11) is 0. The molecule has 0 aliphatic heterocycles. The third-order valence-electron chi connectivity index (χ3n) is 2.75. The number of carbonyl (C=O) groups excluding carboxylic acids is 2. The van der Waals surface area contributed by atoms with Gasteiger partial charge in [0.25, 0.3) is 0 Å². The predicted molar refractivity (Wildman–Crippen MR) is 77.0 cm³/mol. The van der Waals surface area contributed by atoms with Gasteiger partial charge in [-0.2, -0.15) is 0 Å². The third kappa shape index (κ3) is 4.51. The van der Waals surface area contributed by atoms with Gasteiger partial charge in [0.15, 0.2) is 12.2 Å². The minimum absolute atomic E-state index is 0.320. The second-order valence-corrected chi connectivity index (χ2v) is 7.01. The highest BCUT2D eigenvalue weighted by Crippen LogP contribution is 2.23. The summed E-state index contributed by atoms with van der Waals surface area (Å²) >= 11 is 0. The maximum Gasteiger partial charge on any atom is 0.311 e. The zero-order valence-electron chi connectivity index (χ0n) is 13.1. The lowest BCUT2D eigenvalue weighted by atomic mass is 9.96. The van der Waals surface area contributed by atoms with Gasteiger partial charge in [0.05, 0.1) is 10.8 Å². The van der Waals surface area contributed by atoms with Gasteiger partial charge in [-0.05, 0) is 53.7 Å². The smallest absolute Gasteiger partial charge is 0.311 e. The van der Waals surface area contributed by atoms with Crippen LogP contribution in [0.4, 0.5) is 0 Å². The van der Waals surface area contributed by atoms with Crippen molar-refractivity contribution in [2.24, 2.45) is 10.8 Å². The van der Waals surface area contributed by atoms with E-state index >= 15 is 0 Å². The minimum atomic E-state index is -0.590. The van der Waals surface area contributed by atoms with Crippen molar-refractivity contribution in [3.05, 3.63) is 24.3 Å². The van der Waals surface area contributed by atoms with Crippen molar-refractivity contribution in [1.82, 2.24) is 0 Å². The minimum Gasteiger partial charge on any atom is -0.453 e. The van der Waals surface area contributed by atoms with Crippen molar-refractivity contribution in [1.29, 1.82) is 0 Å². The molecule has 0 radical (unpaired) electrons. The van der Waals surface area contributed by atoms with E-state index in [9.17, 15) is 9.59 Å². The molecule has 0 saturated carbocycles. The van der Waals surface area contributed by atoms with Crippen LogP contribution in [0.5, 0.6) is 0 Å². The lowest BCUT2D eigenvalue weighted by molar-refractivity contribution is -0.171. The second kappa shape index (κ2) is 5.81. The Labute approximate surface area is 120 Å². The van der Waals surface area contributed by atoms with Crippen molar-refractivity contribution in [3.63, 3.8) is 0 Å². The first-order valence-electron chi connectivity index (χ1n) is 6.79. The van der Waals surface area contributed by atoms with Crippen molar-refractivity contribution >= 4 is 11.9 Å². The normalized spacial score (nSPS) is 22.5. The molecule has 0 aromatic carbocycles. The Bertz CT molecular complexity index is 390. The molecule has 1 rings (SSSR count). The first-order valence-corrected chi connectivity index (χ1v) is 6.79. The molecule has 0 N–H and O–H groups in total. The van der Waals surface area contributed by atoms with Gasteiger partial charge in [-0.1, -0.05) is 12.2 Å². The molecule has 112 valence electrons. The summed E-state index contributed by atoms with van der Waals surface area (Å²) in [5.41, 5.74) is -1.18. The van der Waals surface area contributed by atoms with E-state index in [1.165, 1.54) is 0 Å². The zero-order valence-corrected chi connectivity index (χ0v) is 13.1. The monoisotopic (exact) mass is 280 g/mol. The second-order valence-electron chi connectivity index (χ2n) is 7.01. The van der Waals surface area contributed by atoms with Gasteiger partial charge in [0.2, 0.25) is 0 Å². The standard InChI is InChI=1S/C16H24O4/c1-15(2,3)13(17)19-11-9-7-8-10-12(11)20-14(18)16(4,5)6/h7-12H,1-6H3. The molecule has 0 bridgehead atoms. The Morgan fingerprint density at radius 3 is 1.30 bits per heavy atom. The molecule has 0 fully saturated rings. The molecule has 1 aliphatic rings. The van der Waals surface area contributed by atoms with Crippen LogP contribution in [0.2, 0.25) is 0 Å². The van der Waals surface area contributed by atoms with E-state index in [0.29, 0.717) is 0 Å². The number of carbonyl (C=O) groups is 2. The van der Waals surface area contributed by atoms with Crippen LogP contribution in [0.15, 0.2) is 24.3 Å². The summed E-state index contributed by atoms with van der Waals surface area (Å²) in [5, 5.41) is 0. The van der Waals surface area contributed by atoms with Crippen molar-refractivity contribution in [2.45, 2.75) is 53.8 Å². The molecular formula is C16H24O4. The zero-order chi connectivity index (χ0) is 15.6. The van der Waals surface area contributed by atoms with E-state index in [2.05, 4.69) is 0 Å². The molecule has 0 aromatic rings. The van der Waals surface area contributed by atoms with Gasteiger partial charge in [0, 0.05) is 0 Å². The average molecular weight is 280 g/mol.